The fourth-order valence-corrected chi connectivity index (χ4v) is 2.48. The largest absolute Gasteiger partial charge is 0.497 e. The number of ether oxygens (including phenoxy) is 1. The van der Waals surface area contributed by atoms with Gasteiger partial charge in [-0.25, -0.2) is 0 Å². The van der Waals surface area contributed by atoms with E-state index in [4.69, 9.17) is 7.48 Å². The summed E-state index contributed by atoms with van der Waals surface area (Å²) in [6, 6.07) is 2.41. The molecule has 0 unspecified atom stereocenters. The number of H-pyrrole nitrogens is 1. The number of rotatable bonds is 1. The van der Waals surface area contributed by atoms with E-state index in [2.05, 4.69) is 16.9 Å². The Bertz CT molecular complexity index is 636. The monoisotopic (exact) mass is 232 g/mol. The molecule has 0 saturated heterocycles. The van der Waals surface area contributed by atoms with Crippen molar-refractivity contribution in [3.8, 4) is 5.75 Å². The maximum Gasteiger partial charge on any atom is 0.120 e. The number of fused-ring (bicyclic) bond motifs is 3. The van der Waals surface area contributed by atoms with E-state index in [-0.39, 0.29) is 0 Å². The van der Waals surface area contributed by atoms with Crippen LogP contribution in [0.4, 0.5) is 0 Å². The van der Waals surface area contributed by atoms with Crippen LogP contribution in [0.15, 0.2) is 18.2 Å². The minimum absolute atomic E-state index is 0.291. The van der Waals surface area contributed by atoms with Gasteiger partial charge in [-0.1, -0.05) is 0 Å². The lowest BCUT2D eigenvalue weighted by Crippen LogP contribution is -2.21. The zero-order valence-electron chi connectivity index (χ0n) is 12.3. The molecule has 0 atom stereocenters. The summed E-state index contributed by atoms with van der Waals surface area (Å²) < 4.78 is 21.3. The normalized spacial score (nSPS) is 18.5. The smallest absolute Gasteiger partial charge is 0.120 e. The summed E-state index contributed by atoms with van der Waals surface area (Å²) >= 11 is 0. The van der Waals surface area contributed by atoms with Crippen molar-refractivity contribution in [3.63, 3.8) is 0 Å². The number of methoxy groups -OCH3 is 1. The van der Waals surface area contributed by atoms with Gasteiger partial charge in [0.05, 0.1) is 9.85 Å². The Morgan fingerprint density at radius 3 is 3.06 bits per heavy atom. The van der Waals surface area contributed by atoms with Crippen molar-refractivity contribution in [1.82, 2.24) is 9.88 Å². The molecule has 0 bridgehead atoms. The highest BCUT2D eigenvalue weighted by atomic mass is 16.5. The lowest BCUT2D eigenvalue weighted by Gasteiger charge is -2.11. The summed E-state index contributed by atoms with van der Waals surface area (Å²) in [6.07, 6.45) is 1.94. The van der Waals surface area contributed by atoms with Crippen LogP contribution in [-0.2, 0) is 12.8 Å². The minimum atomic E-state index is 0.291. The maximum atomic E-state index is 8.17. The molecule has 0 fully saturated rings. The standard InChI is InChI=1S/C14H18N2O/c1-16-7-5-12-11-4-3-10(17-2)9-14(11)15-13(12)6-8-16/h3-4,9,15H,5-8H2,1-2H3/i3D,9D. The third-order valence-electron chi connectivity index (χ3n) is 3.51. The first-order chi connectivity index (χ1) is 9.11. The molecule has 3 nitrogen and oxygen atoms in total. The Morgan fingerprint density at radius 1 is 1.41 bits per heavy atom. The Labute approximate surface area is 104 Å². The van der Waals surface area contributed by atoms with Crippen LogP contribution in [0.3, 0.4) is 0 Å². The molecule has 2 heterocycles. The number of benzene rings is 1. The van der Waals surface area contributed by atoms with Gasteiger partial charge in [-0.2, -0.15) is 0 Å². The number of nitrogens with zero attached hydrogens (tertiary/aromatic N) is 1. The van der Waals surface area contributed by atoms with Crippen molar-refractivity contribution >= 4 is 10.9 Å². The summed E-state index contributed by atoms with van der Waals surface area (Å²) in [5.74, 6) is 0.348. The molecule has 0 amide bonds. The molecular formula is C14H18N2O. The van der Waals surface area contributed by atoms with Crippen LogP contribution in [-0.4, -0.2) is 37.1 Å². The van der Waals surface area contributed by atoms with E-state index < -0.39 is 0 Å². The van der Waals surface area contributed by atoms with Gasteiger partial charge in [0, 0.05) is 42.1 Å². The number of hydrogen-bond donors (Lipinski definition) is 1. The fourth-order valence-electron chi connectivity index (χ4n) is 2.48. The van der Waals surface area contributed by atoms with Crippen molar-refractivity contribution < 1.29 is 7.48 Å². The number of hydrogen-bond acceptors (Lipinski definition) is 2. The molecular weight excluding hydrogens is 212 g/mol. The van der Waals surface area contributed by atoms with Crippen LogP contribution < -0.4 is 4.74 Å². The van der Waals surface area contributed by atoms with Crippen LogP contribution in [0.25, 0.3) is 10.9 Å². The van der Waals surface area contributed by atoms with Crippen LogP contribution in [0.1, 0.15) is 14.0 Å². The van der Waals surface area contributed by atoms with Gasteiger partial charge in [0.25, 0.3) is 0 Å². The highest BCUT2D eigenvalue weighted by Crippen LogP contribution is 2.28. The van der Waals surface area contributed by atoms with Crippen LogP contribution >= 0.6 is 0 Å². The van der Waals surface area contributed by atoms with E-state index in [9.17, 15) is 0 Å². The Balaban J connectivity index is 2.22. The van der Waals surface area contributed by atoms with Gasteiger partial charge >= 0.3 is 0 Å². The predicted octanol–water partition coefficient (Wildman–Crippen LogP) is 2.21. The zero-order chi connectivity index (χ0) is 13.6. The maximum absolute atomic E-state index is 8.17. The van der Waals surface area contributed by atoms with E-state index in [1.54, 1.807) is 0 Å². The molecule has 90 valence electrons. The second-order valence-corrected chi connectivity index (χ2v) is 4.62. The van der Waals surface area contributed by atoms with E-state index >= 15 is 0 Å². The Hall–Kier alpha value is -1.48. The highest BCUT2D eigenvalue weighted by Gasteiger charge is 2.16. The van der Waals surface area contributed by atoms with Crippen molar-refractivity contribution in [2.24, 2.45) is 0 Å². The summed E-state index contributed by atoms with van der Waals surface area (Å²) in [7, 11) is 3.64. The highest BCUT2D eigenvalue weighted by molar-refractivity contribution is 5.86. The molecule has 1 N–H and O–H groups in total. The predicted molar refractivity (Wildman–Crippen MR) is 69.8 cm³/mol. The second-order valence-electron chi connectivity index (χ2n) is 4.62. The molecule has 0 radical (unpaired) electrons. The number of aromatic nitrogens is 1. The van der Waals surface area contributed by atoms with Crippen molar-refractivity contribution in [2.45, 2.75) is 12.8 Å². The molecule has 17 heavy (non-hydrogen) atoms. The number of aromatic amines is 1. The Kier molecular flexibility index (Phi) is 2.06. The fraction of sp³-hybridized carbons (Fsp3) is 0.429. The van der Waals surface area contributed by atoms with Gasteiger partial charge < -0.3 is 14.6 Å². The van der Waals surface area contributed by atoms with Gasteiger partial charge in [0.2, 0.25) is 0 Å². The number of nitrogens with one attached hydrogen (secondary N) is 1. The molecule has 1 aromatic heterocycles. The van der Waals surface area contributed by atoms with Gasteiger partial charge in [-0.15, -0.1) is 0 Å². The van der Waals surface area contributed by atoms with Crippen LogP contribution in [0.2, 0.25) is 0 Å². The van der Waals surface area contributed by atoms with E-state index in [0.29, 0.717) is 17.8 Å². The quantitative estimate of drug-likeness (QED) is 0.816. The molecule has 1 aliphatic heterocycles. The van der Waals surface area contributed by atoms with Gasteiger partial charge in [-0.3, -0.25) is 0 Å². The van der Waals surface area contributed by atoms with Crippen molar-refractivity contribution in [2.75, 3.05) is 27.2 Å². The minimum Gasteiger partial charge on any atom is -0.497 e. The van der Waals surface area contributed by atoms with Crippen molar-refractivity contribution in [1.29, 1.82) is 0 Å². The molecule has 0 aliphatic carbocycles. The summed E-state index contributed by atoms with van der Waals surface area (Å²) in [6.45, 7) is 2.05. The first-order valence-electron chi connectivity index (χ1n) is 6.98. The molecule has 3 heteroatoms. The average Bonchev–Trinajstić information content (AvgIpc) is 2.62. The van der Waals surface area contributed by atoms with Gasteiger partial charge in [0.1, 0.15) is 5.75 Å². The van der Waals surface area contributed by atoms with Gasteiger partial charge in [-0.05, 0) is 31.1 Å². The lowest BCUT2D eigenvalue weighted by molar-refractivity contribution is 0.352. The molecule has 3 rings (SSSR count). The summed E-state index contributed by atoms with van der Waals surface area (Å²) in [4.78, 5) is 5.68. The van der Waals surface area contributed by atoms with E-state index in [1.165, 1.54) is 18.4 Å². The van der Waals surface area contributed by atoms with E-state index in [1.807, 2.05) is 6.07 Å². The van der Waals surface area contributed by atoms with Gasteiger partial charge in [0.15, 0.2) is 0 Å². The van der Waals surface area contributed by atoms with E-state index in [0.717, 1.165) is 36.8 Å². The second kappa shape index (κ2) is 4.08. The first kappa shape index (κ1) is 8.59. The summed E-state index contributed by atoms with van der Waals surface area (Å²) in [5, 5.41) is 1.01. The summed E-state index contributed by atoms with van der Waals surface area (Å²) in [5.41, 5.74) is 3.28. The van der Waals surface area contributed by atoms with Crippen LogP contribution in [0.5, 0.6) is 5.75 Å². The third-order valence-corrected chi connectivity index (χ3v) is 3.51. The first-order valence-corrected chi connectivity index (χ1v) is 5.98. The number of likely N-dealkylation sites (N-methyl/N-ethyl adjacent to an activating group) is 1. The van der Waals surface area contributed by atoms with Crippen LogP contribution in [0, 0.1) is 0 Å². The zero-order valence-corrected chi connectivity index (χ0v) is 10.3. The lowest BCUT2D eigenvalue weighted by atomic mass is 10.1. The third kappa shape index (κ3) is 1.80. The SMILES string of the molecule is [2H]c1cc2c3c([nH]c2c([2H])c1OC)CCN(C)CC3. The Morgan fingerprint density at radius 2 is 2.24 bits per heavy atom. The molecule has 2 aromatic rings. The molecule has 1 aliphatic rings. The van der Waals surface area contributed by atoms with Crippen molar-refractivity contribution in [3.05, 3.63) is 29.4 Å². The molecule has 0 saturated carbocycles. The molecule has 1 aromatic carbocycles. The molecule has 0 spiro atoms. The topological polar surface area (TPSA) is 28.3 Å². The average molecular weight is 232 g/mol.